The first-order valence-electron chi connectivity index (χ1n) is 10.2. The predicted octanol–water partition coefficient (Wildman–Crippen LogP) is 6.31. The highest BCUT2D eigenvalue weighted by molar-refractivity contribution is 5.92. The summed E-state index contributed by atoms with van der Waals surface area (Å²) in [5.41, 5.74) is 2.86. The van der Waals surface area contributed by atoms with Crippen molar-refractivity contribution in [1.29, 1.82) is 0 Å². The minimum absolute atomic E-state index is 0.144. The van der Waals surface area contributed by atoms with E-state index >= 15 is 0 Å². The van der Waals surface area contributed by atoms with Crippen molar-refractivity contribution < 1.29 is 0 Å². The third-order valence-electron chi connectivity index (χ3n) is 4.07. The van der Waals surface area contributed by atoms with Gasteiger partial charge in [-0.15, -0.1) is 0 Å². The zero-order chi connectivity index (χ0) is 21.1. The zero-order valence-electron chi connectivity index (χ0n) is 17.6. The molecule has 2 aromatic carbocycles. The number of nitrogens with zero attached hydrogens (tertiary/aromatic N) is 1. The molecule has 0 bridgehead atoms. The van der Waals surface area contributed by atoms with E-state index < -0.39 is 0 Å². The minimum atomic E-state index is -0.144. The van der Waals surface area contributed by atoms with E-state index in [1.807, 2.05) is 88.4 Å². The van der Waals surface area contributed by atoms with E-state index in [1.165, 1.54) is 5.56 Å². The first-order chi connectivity index (χ1) is 14.3. The molecule has 2 N–H and O–H groups in total. The summed E-state index contributed by atoms with van der Waals surface area (Å²) in [7, 11) is 0. The minimum Gasteiger partial charge on any atom is -0.340 e. The van der Waals surface area contributed by atoms with Crippen LogP contribution in [0, 0.1) is 0 Å². The molecule has 0 radical (unpaired) electrons. The van der Waals surface area contributed by atoms with E-state index in [0.717, 1.165) is 16.8 Å². The van der Waals surface area contributed by atoms with Crippen molar-refractivity contribution in [1.82, 2.24) is 9.97 Å². The fourth-order valence-corrected chi connectivity index (χ4v) is 2.91. The van der Waals surface area contributed by atoms with Crippen LogP contribution in [0.4, 0.5) is 11.5 Å². The molecule has 0 atom stereocenters. The van der Waals surface area contributed by atoms with Crippen LogP contribution in [0.2, 0.25) is 0 Å². The summed E-state index contributed by atoms with van der Waals surface area (Å²) in [6.07, 6.45) is 2.39. The van der Waals surface area contributed by atoms with Crippen LogP contribution >= 0.6 is 0 Å². The molecule has 0 unspecified atom stereocenters. The molecule has 0 aliphatic carbocycles. The van der Waals surface area contributed by atoms with Crippen LogP contribution in [-0.2, 0) is 6.42 Å². The van der Waals surface area contributed by atoms with E-state index in [4.69, 9.17) is 4.98 Å². The number of benzene rings is 2. The highest BCUT2D eigenvalue weighted by atomic mass is 16.1. The van der Waals surface area contributed by atoms with Gasteiger partial charge in [-0.1, -0.05) is 76.2 Å². The largest absolute Gasteiger partial charge is 0.340 e. The molecule has 0 aliphatic heterocycles. The topological polar surface area (TPSA) is 57.8 Å². The Labute approximate surface area is 172 Å². The molecule has 2 heterocycles. The van der Waals surface area contributed by atoms with E-state index in [-0.39, 0.29) is 5.56 Å². The van der Waals surface area contributed by atoms with Crippen molar-refractivity contribution in [2.45, 2.75) is 34.1 Å². The normalized spacial score (nSPS) is 9.66. The highest BCUT2D eigenvalue weighted by Crippen LogP contribution is 2.23. The Bertz CT molecular complexity index is 1060. The molecular weight excluding hydrogens is 358 g/mol. The number of H-pyrrole nitrogens is 1. The average Bonchev–Trinajstić information content (AvgIpc) is 2.78. The van der Waals surface area contributed by atoms with Crippen LogP contribution in [0.5, 0.6) is 0 Å². The van der Waals surface area contributed by atoms with Gasteiger partial charge in [0.15, 0.2) is 0 Å². The number of rotatable bonds is 4. The fraction of sp³-hybridized carbons (Fsp3) is 0.200. The molecule has 4 rings (SSSR count). The average molecular weight is 388 g/mol. The van der Waals surface area contributed by atoms with Crippen molar-refractivity contribution >= 4 is 22.3 Å². The Morgan fingerprint density at radius 3 is 2.14 bits per heavy atom. The SMILES string of the molecule is CC.CC.O=c1[nH]ccc2cc(Cc3ccccc3)nc(Nc3ccccc3)c12. The van der Waals surface area contributed by atoms with Gasteiger partial charge in [0.25, 0.3) is 5.56 Å². The standard InChI is InChI=1S/C21H17N3O.2C2H6/c25-21-19-16(11-12-22-21)14-18(13-15-7-3-1-4-8-15)24-20(19)23-17-9-5-2-6-10-17;2*1-2/h1-12,14H,13H2,(H,22,25)(H,23,24);2*1-2H3. The Hall–Kier alpha value is -3.40. The summed E-state index contributed by atoms with van der Waals surface area (Å²) in [6.45, 7) is 8.00. The summed E-state index contributed by atoms with van der Waals surface area (Å²) < 4.78 is 0. The number of fused-ring (bicyclic) bond motifs is 1. The summed E-state index contributed by atoms with van der Waals surface area (Å²) >= 11 is 0. The Morgan fingerprint density at radius 2 is 1.48 bits per heavy atom. The first kappa shape index (κ1) is 21.9. The Morgan fingerprint density at radius 1 is 0.862 bits per heavy atom. The molecule has 29 heavy (non-hydrogen) atoms. The van der Waals surface area contributed by atoms with E-state index in [1.54, 1.807) is 6.20 Å². The van der Waals surface area contributed by atoms with E-state index in [2.05, 4.69) is 22.4 Å². The van der Waals surface area contributed by atoms with Gasteiger partial charge in [0.1, 0.15) is 5.82 Å². The lowest BCUT2D eigenvalue weighted by molar-refractivity contribution is 1.08. The van der Waals surface area contributed by atoms with Crippen molar-refractivity contribution in [2.24, 2.45) is 0 Å². The van der Waals surface area contributed by atoms with Crippen molar-refractivity contribution in [3.05, 3.63) is 101 Å². The highest BCUT2D eigenvalue weighted by Gasteiger charge is 2.10. The summed E-state index contributed by atoms with van der Waals surface area (Å²) in [5.74, 6) is 0.580. The lowest BCUT2D eigenvalue weighted by atomic mass is 10.1. The second-order valence-electron chi connectivity index (χ2n) is 5.89. The molecule has 2 aromatic heterocycles. The van der Waals surface area contributed by atoms with Gasteiger partial charge >= 0.3 is 0 Å². The number of anilines is 2. The number of aromatic amines is 1. The lowest BCUT2D eigenvalue weighted by Gasteiger charge is -2.11. The third-order valence-corrected chi connectivity index (χ3v) is 4.07. The van der Waals surface area contributed by atoms with E-state index in [0.29, 0.717) is 17.6 Å². The van der Waals surface area contributed by atoms with Crippen LogP contribution < -0.4 is 10.9 Å². The number of hydrogen-bond donors (Lipinski definition) is 2. The van der Waals surface area contributed by atoms with Gasteiger partial charge in [-0.25, -0.2) is 4.98 Å². The van der Waals surface area contributed by atoms with Gasteiger partial charge in [-0.05, 0) is 35.2 Å². The number of aromatic nitrogens is 2. The summed E-state index contributed by atoms with van der Waals surface area (Å²) in [4.78, 5) is 19.8. The molecule has 4 aromatic rings. The van der Waals surface area contributed by atoms with E-state index in [9.17, 15) is 4.79 Å². The third kappa shape index (κ3) is 5.79. The summed E-state index contributed by atoms with van der Waals surface area (Å²) in [6, 6.07) is 23.8. The number of hydrogen-bond acceptors (Lipinski definition) is 3. The monoisotopic (exact) mass is 387 g/mol. The molecule has 0 aliphatic rings. The maximum Gasteiger partial charge on any atom is 0.259 e. The van der Waals surface area contributed by atoms with Crippen LogP contribution in [0.3, 0.4) is 0 Å². The quantitative estimate of drug-likeness (QED) is 0.431. The van der Waals surface area contributed by atoms with Crippen LogP contribution in [0.15, 0.2) is 83.8 Å². The zero-order valence-corrected chi connectivity index (χ0v) is 17.6. The van der Waals surface area contributed by atoms with Gasteiger partial charge in [-0.3, -0.25) is 4.79 Å². The first-order valence-corrected chi connectivity index (χ1v) is 10.2. The maximum absolute atomic E-state index is 12.3. The van der Waals surface area contributed by atoms with Crippen molar-refractivity contribution in [3.8, 4) is 0 Å². The molecule has 4 heteroatoms. The van der Waals surface area contributed by atoms with Gasteiger partial charge in [-0.2, -0.15) is 0 Å². The molecular formula is C25H29N3O. The summed E-state index contributed by atoms with van der Waals surface area (Å²) in [5, 5.41) is 4.73. The van der Waals surface area contributed by atoms with Crippen LogP contribution in [0.1, 0.15) is 39.0 Å². The maximum atomic E-state index is 12.3. The molecule has 150 valence electrons. The molecule has 0 saturated heterocycles. The van der Waals surface area contributed by atoms with Gasteiger partial charge in [0.2, 0.25) is 0 Å². The van der Waals surface area contributed by atoms with Crippen molar-refractivity contribution in [3.63, 3.8) is 0 Å². The van der Waals surface area contributed by atoms with Crippen molar-refractivity contribution in [2.75, 3.05) is 5.32 Å². The molecule has 0 spiro atoms. The molecule has 0 amide bonds. The number of pyridine rings is 2. The second-order valence-corrected chi connectivity index (χ2v) is 5.89. The number of nitrogens with one attached hydrogen (secondary N) is 2. The Kier molecular flexibility index (Phi) is 8.64. The molecule has 4 nitrogen and oxygen atoms in total. The van der Waals surface area contributed by atoms with Gasteiger partial charge < -0.3 is 10.3 Å². The fourth-order valence-electron chi connectivity index (χ4n) is 2.91. The second kappa shape index (κ2) is 11.4. The lowest BCUT2D eigenvalue weighted by Crippen LogP contribution is -2.10. The predicted molar refractivity (Wildman–Crippen MR) is 124 cm³/mol. The van der Waals surface area contributed by atoms with Crippen LogP contribution in [0.25, 0.3) is 10.8 Å². The smallest absolute Gasteiger partial charge is 0.259 e. The Balaban J connectivity index is 0.000000707. The molecule has 0 saturated carbocycles. The van der Waals surface area contributed by atoms with Gasteiger partial charge in [0, 0.05) is 24.0 Å². The molecule has 0 fully saturated rings. The number of para-hydroxylation sites is 1. The van der Waals surface area contributed by atoms with Gasteiger partial charge in [0.05, 0.1) is 5.39 Å². The van der Waals surface area contributed by atoms with Crippen LogP contribution in [-0.4, -0.2) is 9.97 Å².